The number of anilines is 2. The minimum absolute atomic E-state index is 0.423. The van der Waals surface area contributed by atoms with Crippen molar-refractivity contribution in [1.82, 2.24) is 24.6 Å². The van der Waals surface area contributed by atoms with Gasteiger partial charge in [-0.15, -0.1) is 5.10 Å². The van der Waals surface area contributed by atoms with E-state index in [0.717, 1.165) is 42.1 Å². The van der Waals surface area contributed by atoms with Crippen LogP contribution in [0.5, 0.6) is 0 Å². The number of hydrogen-bond donors (Lipinski definition) is 1. The maximum atomic E-state index is 6.19. The zero-order valence-electron chi connectivity index (χ0n) is 15.7. The summed E-state index contributed by atoms with van der Waals surface area (Å²) in [5, 5.41) is 4.39. The molecule has 1 aliphatic rings. The Balaban J connectivity index is 1.47. The Bertz CT molecular complexity index is 1140. The van der Waals surface area contributed by atoms with E-state index in [1.54, 1.807) is 10.8 Å². The van der Waals surface area contributed by atoms with Gasteiger partial charge in [0.15, 0.2) is 11.5 Å². The van der Waals surface area contributed by atoms with Crippen molar-refractivity contribution in [2.75, 3.05) is 23.7 Å². The lowest BCUT2D eigenvalue weighted by Crippen LogP contribution is -2.20. The van der Waals surface area contributed by atoms with Gasteiger partial charge in [-0.3, -0.25) is 0 Å². The van der Waals surface area contributed by atoms with Crippen LogP contribution in [0.15, 0.2) is 55.1 Å². The number of nitrogen functional groups attached to an aromatic ring is 1. The van der Waals surface area contributed by atoms with Crippen LogP contribution in [0.25, 0.3) is 16.9 Å². The van der Waals surface area contributed by atoms with Gasteiger partial charge in [-0.25, -0.2) is 19.5 Å². The van der Waals surface area contributed by atoms with Crippen molar-refractivity contribution in [2.45, 2.75) is 19.3 Å². The molecule has 4 heterocycles. The van der Waals surface area contributed by atoms with Crippen LogP contribution in [0.2, 0.25) is 0 Å². The maximum absolute atomic E-state index is 6.19. The summed E-state index contributed by atoms with van der Waals surface area (Å²) in [4.78, 5) is 15.8. The zero-order chi connectivity index (χ0) is 19.1. The summed E-state index contributed by atoms with van der Waals surface area (Å²) in [6, 6.07) is 12.7. The summed E-state index contributed by atoms with van der Waals surface area (Å²) >= 11 is 0. The second-order valence-corrected chi connectivity index (χ2v) is 7.26. The summed E-state index contributed by atoms with van der Waals surface area (Å²) < 4.78 is 1.71. The summed E-state index contributed by atoms with van der Waals surface area (Å²) in [6.45, 7) is 3.89. The number of aryl methyl sites for hydroxylation is 1. The molecule has 0 aliphatic carbocycles. The number of nitrogens with zero attached hydrogens (tertiary/aromatic N) is 6. The van der Waals surface area contributed by atoms with Crippen molar-refractivity contribution in [3.05, 3.63) is 66.2 Å². The van der Waals surface area contributed by atoms with Gasteiger partial charge in [0.25, 0.3) is 0 Å². The Morgan fingerprint density at radius 1 is 1.11 bits per heavy atom. The predicted molar refractivity (Wildman–Crippen MR) is 109 cm³/mol. The third kappa shape index (κ3) is 2.85. The highest BCUT2D eigenvalue weighted by Crippen LogP contribution is 2.33. The van der Waals surface area contributed by atoms with E-state index < -0.39 is 0 Å². The molecule has 0 amide bonds. The predicted octanol–water partition coefficient (Wildman–Crippen LogP) is 3.07. The molecule has 4 aromatic rings. The van der Waals surface area contributed by atoms with Crippen LogP contribution in [-0.2, 0) is 0 Å². The molecule has 0 spiro atoms. The van der Waals surface area contributed by atoms with Gasteiger partial charge in [0, 0.05) is 37.5 Å². The zero-order valence-corrected chi connectivity index (χ0v) is 15.7. The number of benzene rings is 1. The molecule has 5 rings (SSSR count). The smallest absolute Gasteiger partial charge is 0.166 e. The van der Waals surface area contributed by atoms with E-state index in [1.807, 2.05) is 25.4 Å². The molecule has 3 aromatic heterocycles. The highest BCUT2D eigenvalue weighted by Gasteiger charge is 2.25. The number of nitrogens with two attached hydrogens (primary N) is 1. The van der Waals surface area contributed by atoms with Gasteiger partial charge in [0.2, 0.25) is 0 Å². The van der Waals surface area contributed by atoms with Crippen molar-refractivity contribution in [3.63, 3.8) is 0 Å². The monoisotopic (exact) mass is 371 g/mol. The van der Waals surface area contributed by atoms with Gasteiger partial charge in [-0.1, -0.05) is 30.3 Å². The lowest BCUT2D eigenvalue weighted by molar-refractivity contribution is 0.774. The minimum Gasteiger partial charge on any atom is -0.382 e. The fraction of sp³-hybridized carbons (Fsp3) is 0.238. The molecule has 2 N–H and O–H groups in total. The minimum atomic E-state index is 0.423. The molecule has 0 bridgehead atoms. The first-order chi connectivity index (χ1) is 13.7. The van der Waals surface area contributed by atoms with Gasteiger partial charge < -0.3 is 10.6 Å². The fourth-order valence-electron chi connectivity index (χ4n) is 3.91. The molecule has 1 aliphatic heterocycles. The van der Waals surface area contributed by atoms with Crippen LogP contribution in [0.1, 0.15) is 23.5 Å². The van der Waals surface area contributed by atoms with Crippen LogP contribution >= 0.6 is 0 Å². The van der Waals surface area contributed by atoms with E-state index in [2.05, 4.69) is 55.3 Å². The Kier molecular flexibility index (Phi) is 3.93. The van der Waals surface area contributed by atoms with Gasteiger partial charge in [-0.2, -0.15) is 0 Å². The molecule has 28 heavy (non-hydrogen) atoms. The van der Waals surface area contributed by atoms with Crippen LogP contribution in [0.3, 0.4) is 0 Å². The SMILES string of the molecule is Cc1cnc2c(-c3cc(N4CCC(c5ccccc5)C4)ncn3)c(N)nn2c1. The van der Waals surface area contributed by atoms with Gasteiger partial charge in [0.1, 0.15) is 12.1 Å². The van der Waals surface area contributed by atoms with Crippen LogP contribution in [0, 0.1) is 6.92 Å². The standard InChI is InChI=1S/C21H21N7/c1-14-10-23-21-19(20(22)26-28(21)11-14)17-9-18(25-13-24-17)27-8-7-16(12-27)15-5-3-2-4-6-15/h2-6,9-11,13,16H,7-8,12H2,1H3,(H2,22,26). The van der Waals surface area contributed by atoms with Crippen molar-refractivity contribution in [2.24, 2.45) is 0 Å². The third-order valence-corrected chi connectivity index (χ3v) is 5.32. The number of hydrogen-bond acceptors (Lipinski definition) is 6. The van der Waals surface area contributed by atoms with Gasteiger partial charge in [0.05, 0.1) is 11.3 Å². The van der Waals surface area contributed by atoms with Gasteiger partial charge >= 0.3 is 0 Å². The number of rotatable bonds is 3. The Morgan fingerprint density at radius 3 is 2.82 bits per heavy atom. The molecule has 140 valence electrons. The van der Waals surface area contributed by atoms with Crippen molar-refractivity contribution in [3.8, 4) is 11.3 Å². The molecule has 0 saturated carbocycles. The molecular formula is C21H21N7. The molecular weight excluding hydrogens is 350 g/mol. The lowest BCUT2D eigenvalue weighted by atomic mass is 9.99. The Hall–Kier alpha value is -3.48. The van der Waals surface area contributed by atoms with E-state index >= 15 is 0 Å². The highest BCUT2D eigenvalue weighted by atomic mass is 15.3. The average molecular weight is 371 g/mol. The topological polar surface area (TPSA) is 85.2 Å². The Labute approximate surface area is 162 Å². The third-order valence-electron chi connectivity index (χ3n) is 5.32. The summed E-state index contributed by atoms with van der Waals surface area (Å²) in [6.07, 6.45) is 6.43. The first-order valence-electron chi connectivity index (χ1n) is 9.42. The molecule has 1 fully saturated rings. The van der Waals surface area contributed by atoms with Crippen LogP contribution < -0.4 is 10.6 Å². The molecule has 0 radical (unpaired) electrons. The van der Waals surface area contributed by atoms with E-state index in [1.165, 1.54) is 5.56 Å². The lowest BCUT2D eigenvalue weighted by Gasteiger charge is -2.18. The van der Waals surface area contributed by atoms with Gasteiger partial charge in [-0.05, 0) is 24.5 Å². The first-order valence-corrected chi connectivity index (χ1v) is 9.42. The molecule has 1 unspecified atom stereocenters. The van der Waals surface area contributed by atoms with Crippen molar-refractivity contribution in [1.29, 1.82) is 0 Å². The first kappa shape index (κ1) is 16.7. The Morgan fingerprint density at radius 2 is 1.96 bits per heavy atom. The van der Waals surface area contributed by atoms with E-state index in [9.17, 15) is 0 Å². The average Bonchev–Trinajstić information content (AvgIpc) is 3.33. The van der Waals surface area contributed by atoms with E-state index in [4.69, 9.17) is 5.73 Å². The number of fused-ring (bicyclic) bond motifs is 1. The molecule has 1 aromatic carbocycles. The molecule has 7 heteroatoms. The molecule has 1 atom stereocenters. The normalized spacial score (nSPS) is 16.8. The summed E-state index contributed by atoms with van der Waals surface area (Å²) in [5.41, 5.74) is 10.8. The number of aromatic nitrogens is 5. The van der Waals surface area contributed by atoms with E-state index in [-0.39, 0.29) is 0 Å². The summed E-state index contributed by atoms with van der Waals surface area (Å²) in [5.74, 6) is 1.85. The second-order valence-electron chi connectivity index (χ2n) is 7.26. The second kappa shape index (κ2) is 6.60. The van der Waals surface area contributed by atoms with Crippen LogP contribution in [-0.4, -0.2) is 37.7 Å². The van der Waals surface area contributed by atoms with Crippen molar-refractivity contribution < 1.29 is 0 Å². The highest BCUT2D eigenvalue weighted by molar-refractivity contribution is 5.85. The largest absolute Gasteiger partial charge is 0.382 e. The van der Waals surface area contributed by atoms with Crippen LogP contribution in [0.4, 0.5) is 11.6 Å². The maximum Gasteiger partial charge on any atom is 0.166 e. The molecule has 7 nitrogen and oxygen atoms in total. The van der Waals surface area contributed by atoms with Crippen molar-refractivity contribution >= 4 is 17.3 Å². The quantitative estimate of drug-likeness (QED) is 0.596. The fourth-order valence-corrected chi connectivity index (χ4v) is 3.91. The summed E-state index contributed by atoms with van der Waals surface area (Å²) in [7, 11) is 0. The molecule has 1 saturated heterocycles. The van der Waals surface area contributed by atoms with E-state index in [0.29, 0.717) is 17.4 Å².